The number of halogens is 3. The van der Waals surface area contributed by atoms with Gasteiger partial charge < -0.3 is 9.84 Å². The van der Waals surface area contributed by atoms with Crippen molar-refractivity contribution in [2.75, 3.05) is 19.6 Å². The molecule has 1 aromatic rings. The van der Waals surface area contributed by atoms with E-state index in [2.05, 4.69) is 5.16 Å². The van der Waals surface area contributed by atoms with E-state index in [-0.39, 0.29) is 12.6 Å². The van der Waals surface area contributed by atoms with E-state index in [4.69, 9.17) is 4.52 Å². The molecule has 8 heteroatoms. The van der Waals surface area contributed by atoms with Crippen LogP contribution in [0.1, 0.15) is 30.3 Å². The number of likely N-dealkylation sites (tertiary alicyclic amines) is 1. The first-order chi connectivity index (χ1) is 9.35. The van der Waals surface area contributed by atoms with Crippen molar-refractivity contribution >= 4 is 5.91 Å². The van der Waals surface area contributed by atoms with Crippen LogP contribution in [0.15, 0.2) is 10.6 Å². The Morgan fingerprint density at radius 2 is 2.35 bits per heavy atom. The summed E-state index contributed by atoms with van der Waals surface area (Å²) in [5.41, 5.74) is 0.726. The van der Waals surface area contributed by atoms with Crippen molar-refractivity contribution in [3.05, 3.63) is 17.5 Å². The van der Waals surface area contributed by atoms with Crippen molar-refractivity contribution in [3.8, 4) is 0 Å². The molecule has 0 saturated carbocycles. The molecular weight excluding hydrogens is 275 g/mol. The van der Waals surface area contributed by atoms with Gasteiger partial charge in [0.05, 0.1) is 12.6 Å². The smallest absolute Gasteiger partial charge is 0.361 e. The van der Waals surface area contributed by atoms with Gasteiger partial charge in [-0.2, -0.15) is 13.2 Å². The van der Waals surface area contributed by atoms with Gasteiger partial charge in [0.1, 0.15) is 18.0 Å². The maximum Gasteiger partial charge on any atom is 0.405 e. The van der Waals surface area contributed by atoms with Gasteiger partial charge in [-0.15, -0.1) is 0 Å². The molecule has 1 amide bonds. The number of hydrogen-bond acceptors (Lipinski definition) is 4. The van der Waals surface area contributed by atoms with E-state index < -0.39 is 18.6 Å². The molecule has 1 aliphatic rings. The number of hydrogen-bond donors (Lipinski definition) is 1. The molecule has 0 radical (unpaired) electrons. The lowest BCUT2D eigenvalue weighted by molar-refractivity contribution is -0.139. The van der Waals surface area contributed by atoms with Crippen LogP contribution in [0.5, 0.6) is 0 Å². The number of amides is 1. The SMILES string of the molecule is Cc1cc([C@@H]2CCCN2CC(=O)NCC(F)(F)F)no1. The Morgan fingerprint density at radius 1 is 1.60 bits per heavy atom. The number of nitrogens with zero attached hydrogens (tertiary/aromatic N) is 2. The number of alkyl halides is 3. The highest BCUT2D eigenvalue weighted by Gasteiger charge is 2.31. The lowest BCUT2D eigenvalue weighted by Crippen LogP contribution is -2.40. The Bertz CT molecular complexity index is 473. The second-order valence-electron chi connectivity index (χ2n) is 4.88. The molecule has 0 unspecified atom stereocenters. The highest BCUT2D eigenvalue weighted by Crippen LogP contribution is 2.30. The van der Waals surface area contributed by atoms with Gasteiger partial charge in [0.2, 0.25) is 5.91 Å². The minimum Gasteiger partial charge on any atom is -0.361 e. The van der Waals surface area contributed by atoms with Crippen molar-refractivity contribution < 1.29 is 22.5 Å². The molecule has 0 aromatic carbocycles. The maximum atomic E-state index is 12.0. The van der Waals surface area contributed by atoms with E-state index in [1.54, 1.807) is 13.0 Å². The molecule has 0 aliphatic carbocycles. The van der Waals surface area contributed by atoms with Gasteiger partial charge in [0.25, 0.3) is 0 Å². The third kappa shape index (κ3) is 3.96. The van der Waals surface area contributed by atoms with Crippen LogP contribution < -0.4 is 5.32 Å². The van der Waals surface area contributed by atoms with Crippen LogP contribution in [-0.2, 0) is 4.79 Å². The lowest BCUT2D eigenvalue weighted by atomic mass is 10.1. The fourth-order valence-electron chi connectivity index (χ4n) is 2.33. The summed E-state index contributed by atoms with van der Waals surface area (Å²) in [6.07, 6.45) is -2.69. The van der Waals surface area contributed by atoms with Gasteiger partial charge in [0, 0.05) is 6.07 Å². The molecule has 20 heavy (non-hydrogen) atoms. The number of aryl methyl sites for hydroxylation is 1. The number of rotatable bonds is 4. The Morgan fingerprint density at radius 3 is 2.95 bits per heavy atom. The molecule has 1 fully saturated rings. The van der Waals surface area contributed by atoms with E-state index in [0.29, 0.717) is 12.3 Å². The summed E-state index contributed by atoms with van der Waals surface area (Å²) in [5, 5.41) is 5.79. The molecule has 1 atom stereocenters. The van der Waals surface area contributed by atoms with E-state index in [0.717, 1.165) is 18.5 Å². The van der Waals surface area contributed by atoms with Gasteiger partial charge in [-0.3, -0.25) is 9.69 Å². The Balaban J connectivity index is 1.90. The summed E-state index contributed by atoms with van der Waals surface area (Å²) in [4.78, 5) is 13.4. The molecule has 1 saturated heterocycles. The zero-order valence-corrected chi connectivity index (χ0v) is 11.0. The van der Waals surface area contributed by atoms with Gasteiger partial charge in [-0.25, -0.2) is 0 Å². The molecule has 2 heterocycles. The zero-order chi connectivity index (χ0) is 14.8. The zero-order valence-electron chi connectivity index (χ0n) is 11.0. The average Bonchev–Trinajstić information content (AvgIpc) is 2.94. The second-order valence-corrected chi connectivity index (χ2v) is 4.88. The quantitative estimate of drug-likeness (QED) is 0.919. The predicted octanol–water partition coefficient (Wildman–Crippen LogP) is 1.80. The van der Waals surface area contributed by atoms with Crippen molar-refractivity contribution in [2.24, 2.45) is 0 Å². The van der Waals surface area contributed by atoms with Crippen molar-refractivity contribution in [3.63, 3.8) is 0 Å². The molecule has 5 nitrogen and oxygen atoms in total. The highest BCUT2D eigenvalue weighted by atomic mass is 19.4. The van der Waals surface area contributed by atoms with Crippen molar-refractivity contribution in [1.29, 1.82) is 0 Å². The molecule has 0 spiro atoms. The van der Waals surface area contributed by atoms with E-state index in [1.165, 1.54) is 0 Å². The standard InChI is InChI=1S/C12H16F3N3O2/c1-8-5-9(17-20-8)10-3-2-4-18(10)6-11(19)16-7-12(13,14)15/h5,10H,2-4,6-7H2,1H3,(H,16,19)/t10-/m0/s1. The first-order valence-corrected chi connectivity index (χ1v) is 6.36. The third-order valence-corrected chi connectivity index (χ3v) is 3.18. The van der Waals surface area contributed by atoms with Gasteiger partial charge >= 0.3 is 6.18 Å². The molecule has 1 aliphatic heterocycles. The van der Waals surface area contributed by atoms with Crippen LogP contribution in [0.4, 0.5) is 13.2 Å². The summed E-state index contributed by atoms with van der Waals surface area (Å²) in [6.45, 7) is 1.07. The number of carbonyl (C=O) groups excluding carboxylic acids is 1. The van der Waals surface area contributed by atoms with Crippen LogP contribution in [0, 0.1) is 6.92 Å². The summed E-state index contributed by atoms with van der Waals surface area (Å²) < 4.78 is 41.1. The first kappa shape index (κ1) is 14.8. The van der Waals surface area contributed by atoms with E-state index in [1.807, 2.05) is 10.2 Å². The fourth-order valence-corrected chi connectivity index (χ4v) is 2.33. The second kappa shape index (κ2) is 5.82. The maximum absolute atomic E-state index is 12.0. The van der Waals surface area contributed by atoms with Crippen molar-refractivity contribution in [2.45, 2.75) is 32.0 Å². The number of nitrogens with one attached hydrogen (secondary N) is 1. The summed E-state index contributed by atoms with van der Waals surface area (Å²) >= 11 is 0. The molecule has 2 rings (SSSR count). The molecule has 112 valence electrons. The monoisotopic (exact) mass is 291 g/mol. The topological polar surface area (TPSA) is 58.4 Å². The van der Waals surface area contributed by atoms with Crippen LogP contribution in [0.3, 0.4) is 0 Å². The average molecular weight is 291 g/mol. The lowest BCUT2D eigenvalue weighted by Gasteiger charge is -2.22. The van der Waals surface area contributed by atoms with E-state index in [9.17, 15) is 18.0 Å². The minimum atomic E-state index is -4.39. The molecule has 0 bridgehead atoms. The van der Waals surface area contributed by atoms with Gasteiger partial charge in [-0.1, -0.05) is 5.16 Å². The Kier molecular flexibility index (Phi) is 4.32. The Labute approximate surface area is 114 Å². The van der Waals surface area contributed by atoms with Crippen LogP contribution in [0.2, 0.25) is 0 Å². The number of aromatic nitrogens is 1. The largest absolute Gasteiger partial charge is 0.405 e. The van der Waals surface area contributed by atoms with Crippen LogP contribution >= 0.6 is 0 Å². The summed E-state index contributed by atoms with van der Waals surface area (Å²) in [5.74, 6) is 0.0443. The molecular formula is C12H16F3N3O2. The normalized spacial score (nSPS) is 20.3. The predicted molar refractivity (Wildman–Crippen MR) is 63.9 cm³/mol. The molecule has 1 aromatic heterocycles. The van der Waals surface area contributed by atoms with Crippen LogP contribution in [0.25, 0.3) is 0 Å². The summed E-state index contributed by atoms with van der Waals surface area (Å²) in [6, 6.07) is 1.72. The van der Waals surface area contributed by atoms with Gasteiger partial charge in [0.15, 0.2) is 0 Å². The Hall–Kier alpha value is -1.57. The summed E-state index contributed by atoms with van der Waals surface area (Å²) in [7, 11) is 0. The van der Waals surface area contributed by atoms with Gasteiger partial charge in [-0.05, 0) is 26.3 Å². The van der Waals surface area contributed by atoms with E-state index >= 15 is 0 Å². The third-order valence-electron chi connectivity index (χ3n) is 3.18. The number of carbonyl (C=O) groups is 1. The van der Waals surface area contributed by atoms with Crippen molar-refractivity contribution in [1.82, 2.24) is 15.4 Å². The molecule has 1 N–H and O–H groups in total. The first-order valence-electron chi connectivity index (χ1n) is 6.36. The highest BCUT2D eigenvalue weighted by molar-refractivity contribution is 5.78. The van der Waals surface area contributed by atoms with Crippen LogP contribution in [-0.4, -0.2) is 41.8 Å². The fraction of sp³-hybridized carbons (Fsp3) is 0.667. The minimum absolute atomic E-state index is 0.0628.